The second-order valence-corrected chi connectivity index (χ2v) is 7.40. The Kier molecular flexibility index (Phi) is 5.59. The molecule has 0 spiro atoms. The van der Waals surface area contributed by atoms with Gasteiger partial charge < -0.3 is 14.6 Å². The van der Waals surface area contributed by atoms with E-state index >= 15 is 0 Å². The van der Waals surface area contributed by atoms with Crippen LogP contribution in [0.1, 0.15) is 0 Å². The van der Waals surface area contributed by atoms with Crippen LogP contribution in [0.5, 0.6) is 11.5 Å². The fourth-order valence-electron chi connectivity index (χ4n) is 3.07. The minimum absolute atomic E-state index is 0.0615. The molecule has 0 aliphatic heterocycles. The number of ether oxygens (including phenoxy) is 2. The lowest BCUT2D eigenvalue weighted by atomic mass is 10.1. The number of benzene rings is 2. The molecule has 2 aromatic carbocycles. The molecule has 0 unspecified atom stereocenters. The summed E-state index contributed by atoms with van der Waals surface area (Å²) in [5.74, 6) is 1.35. The van der Waals surface area contributed by atoms with Crippen LogP contribution in [-0.2, 0) is 6.54 Å². The van der Waals surface area contributed by atoms with E-state index in [0.29, 0.717) is 16.0 Å². The number of aliphatic hydroxyl groups is 1. The summed E-state index contributed by atoms with van der Waals surface area (Å²) in [6.07, 6.45) is 0.625. The quantitative estimate of drug-likeness (QED) is 0.506. The van der Waals surface area contributed by atoms with E-state index in [9.17, 15) is 9.90 Å². The number of hydrogen-bond donors (Lipinski definition) is 1. The average Bonchev–Trinajstić information content (AvgIpc) is 3.20. The van der Waals surface area contributed by atoms with Gasteiger partial charge in [-0.1, -0.05) is 30.3 Å². The maximum Gasteiger partial charge on any atom is 0.262 e. The lowest BCUT2D eigenvalue weighted by Gasteiger charge is -2.14. The summed E-state index contributed by atoms with van der Waals surface area (Å²) in [4.78, 5) is 18.1. The molecule has 0 aliphatic rings. The number of aromatic nitrogens is 2. The summed E-state index contributed by atoms with van der Waals surface area (Å²) in [7, 11) is 1.60. The summed E-state index contributed by atoms with van der Waals surface area (Å²) in [6.45, 7) is 0.161. The van der Waals surface area contributed by atoms with E-state index in [1.807, 2.05) is 35.7 Å². The number of rotatable bonds is 7. The highest BCUT2D eigenvalue weighted by molar-refractivity contribution is 7.17. The SMILES string of the molecule is COc1ccc(OC[C@H](O)Cn2cnc3scc(-c4ccccc4)c3c2=O)cc1. The first-order valence-corrected chi connectivity index (χ1v) is 10.0. The molecule has 0 radical (unpaired) electrons. The van der Waals surface area contributed by atoms with Gasteiger partial charge in [0.25, 0.3) is 5.56 Å². The molecule has 0 saturated carbocycles. The smallest absolute Gasteiger partial charge is 0.262 e. The molecule has 29 heavy (non-hydrogen) atoms. The van der Waals surface area contributed by atoms with Gasteiger partial charge in [-0.3, -0.25) is 9.36 Å². The second-order valence-electron chi connectivity index (χ2n) is 6.54. The van der Waals surface area contributed by atoms with Crippen molar-refractivity contribution in [3.63, 3.8) is 0 Å². The number of aliphatic hydroxyl groups excluding tert-OH is 1. The van der Waals surface area contributed by atoms with Crippen molar-refractivity contribution in [3.8, 4) is 22.6 Å². The number of thiophene rings is 1. The largest absolute Gasteiger partial charge is 0.497 e. The van der Waals surface area contributed by atoms with E-state index in [0.717, 1.165) is 16.9 Å². The maximum atomic E-state index is 13.0. The molecule has 0 fully saturated rings. The zero-order valence-electron chi connectivity index (χ0n) is 15.8. The van der Waals surface area contributed by atoms with Crippen LogP contribution in [0.4, 0.5) is 0 Å². The molecule has 0 amide bonds. The molecule has 4 aromatic rings. The minimum Gasteiger partial charge on any atom is -0.497 e. The molecule has 4 rings (SSSR count). The molecule has 0 bridgehead atoms. The topological polar surface area (TPSA) is 73.6 Å². The molecule has 6 nitrogen and oxygen atoms in total. The van der Waals surface area contributed by atoms with Crippen LogP contribution in [0.15, 0.2) is 71.1 Å². The predicted octanol–water partition coefficient (Wildman–Crippen LogP) is 3.57. The van der Waals surface area contributed by atoms with Gasteiger partial charge >= 0.3 is 0 Å². The van der Waals surface area contributed by atoms with Crippen LogP contribution in [-0.4, -0.2) is 34.5 Å². The van der Waals surface area contributed by atoms with Gasteiger partial charge in [-0.15, -0.1) is 11.3 Å². The highest BCUT2D eigenvalue weighted by Gasteiger charge is 2.15. The van der Waals surface area contributed by atoms with E-state index < -0.39 is 6.10 Å². The second kappa shape index (κ2) is 8.46. The van der Waals surface area contributed by atoms with Crippen molar-refractivity contribution in [1.29, 1.82) is 0 Å². The first-order valence-electron chi connectivity index (χ1n) is 9.12. The normalized spacial score (nSPS) is 12.1. The Morgan fingerprint density at radius 1 is 1.10 bits per heavy atom. The molecule has 148 valence electrons. The van der Waals surface area contributed by atoms with Crippen LogP contribution in [0.2, 0.25) is 0 Å². The zero-order chi connectivity index (χ0) is 20.2. The molecule has 0 aliphatic carbocycles. The molecule has 2 heterocycles. The third-order valence-corrected chi connectivity index (χ3v) is 5.44. The third kappa shape index (κ3) is 4.16. The van der Waals surface area contributed by atoms with E-state index in [1.165, 1.54) is 22.2 Å². The lowest BCUT2D eigenvalue weighted by molar-refractivity contribution is 0.0914. The summed E-state index contributed by atoms with van der Waals surface area (Å²) < 4.78 is 12.1. The Bertz CT molecular complexity index is 1150. The van der Waals surface area contributed by atoms with Gasteiger partial charge in [0.1, 0.15) is 29.0 Å². The Balaban J connectivity index is 1.51. The van der Waals surface area contributed by atoms with Crippen molar-refractivity contribution in [1.82, 2.24) is 9.55 Å². The van der Waals surface area contributed by atoms with Crippen molar-refractivity contribution in [2.45, 2.75) is 12.6 Å². The third-order valence-electron chi connectivity index (χ3n) is 4.55. The molecular weight excluding hydrogens is 388 g/mol. The molecule has 7 heteroatoms. The highest BCUT2D eigenvalue weighted by Crippen LogP contribution is 2.30. The van der Waals surface area contributed by atoms with Gasteiger partial charge in [0, 0.05) is 10.9 Å². The number of nitrogens with zero attached hydrogens (tertiary/aromatic N) is 2. The van der Waals surface area contributed by atoms with E-state index in [4.69, 9.17) is 9.47 Å². The van der Waals surface area contributed by atoms with Crippen LogP contribution in [0.25, 0.3) is 21.3 Å². The van der Waals surface area contributed by atoms with Crippen LogP contribution >= 0.6 is 11.3 Å². The van der Waals surface area contributed by atoms with Gasteiger partial charge in [-0.2, -0.15) is 0 Å². The molecule has 1 N–H and O–H groups in total. The number of methoxy groups -OCH3 is 1. The van der Waals surface area contributed by atoms with Gasteiger partial charge in [0.2, 0.25) is 0 Å². The Labute approximate surface area is 171 Å². The van der Waals surface area contributed by atoms with Crippen LogP contribution < -0.4 is 15.0 Å². The summed E-state index contributed by atoms with van der Waals surface area (Å²) in [5.41, 5.74) is 1.67. The van der Waals surface area contributed by atoms with Crippen molar-refractivity contribution >= 4 is 21.6 Å². The average molecular weight is 408 g/mol. The van der Waals surface area contributed by atoms with E-state index in [2.05, 4.69) is 4.98 Å². The van der Waals surface area contributed by atoms with Crippen LogP contribution in [0.3, 0.4) is 0 Å². The first kappa shape index (κ1) is 19.2. The van der Waals surface area contributed by atoms with Crippen molar-refractivity contribution in [2.24, 2.45) is 0 Å². The fraction of sp³-hybridized carbons (Fsp3) is 0.182. The monoisotopic (exact) mass is 408 g/mol. The Morgan fingerprint density at radius 2 is 1.83 bits per heavy atom. The minimum atomic E-state index is -0.854. The molecule has 0 saturated heterocycles. The predicted molar refractivity (Wildman–Crippen MR) is 114 cm³/mol. The van der Waals surface area contributed by atoms with E-state index in [1.54, 1.807) is 31.4 Å². The molecule has 2 aromatic heterocycles. The van der Waals surface area contributed by atoms with Gasteiger partial charge in [-0.05, 0) is 29.8 Å². The molecule has 1 atom stereocenters. The zero-order valence-corrected chi connectivity index (χ0v) is 16.6. The molecular formula is C22H20N2O4S. The fourth-order valence-corrected chi connectivity index (χ4v) is 3.98. The summed E-state index contributed by atoms with van der Waals surface area (Å²) in [5, 5.41) is 12.9. The van der Waals surface area contributed by atoms with Gasteiger partial charge in [-0.25, -0.2) is 4.98 Å². The first-order chi connectivity index (χ1) is 14.2. The van der Waals surface area contributed by atoms with Gasteiger partial charge in [0.05, 0.1) is 25.4 Å². The lowest BCUT2D eigenvalue weighted by Crippen LogP contribution is -2.30. The van der Waals surface area contributed by atoms with E-state index in [-0.39, 0.29) is 18.7 Å². The van der Waals surface area contributed by atoms with Crippen molar-refractivity contribution in [3.05, 3.63) is 76.7 Å². The summed E-state index contributed by atoms with van der Waals surface area (Å²) in [6, 6.07) is 16.9. The Hall–Kier alpha value is -3.16. The highest BCUT2D eigenvalue weighted by atomic mass is 32.1. The summed E-state index contributed by atoms with van der Waals surface area (Å²) >= 11 is 1.44. The Morgan fingerprint density at radius 3 is 2.55 bits per heavy atom. The van der Waals surface area contributed by atoms with Gasteiger partial charge in [0.15, 0.2) is 0 Å². The van der Waals surface area contributed by atoms with Crippen molar-refractivity contribution in [2.75, 3.05) is 13.7 Å². The standard InChI is InChI=1S/C22H20N2O4S/c1-27-17-7-9-18(10-8-17)28-12-16(25)11-24-14-23-21-20(22(24)26)19(13-29-21)15-5-3-2-4-6-15/h2-10,13-14,16,25H,11-12H2,1H3/t16-/m1/s1. The number of fused-ring (bicyclic) bond motifs is 1. The van der Waals surface area contributed by atoms with Crippen molar-refractivity contribution < 1.29 is 14.6 Å². The van der Waals surface area contributed by atoms with Crippen LogP contribution in [0, 0.1) is 0 Å². The number of hydrogen-bond acceptors (Lipinski definition) is 6. The maximum absolute atomic E-state index is 13.0.